The van der Waals surface area contributed by atoms with E-state index in [1.54, 1.807) is 24.2 Å². The summed E-state index contributed by atoms with van der Waals surface area (Å²) in [5.41, 5.74) is 0.901. The first-order valence-electron chi connectivity index (χ1n) is 6.44. The van der Waals surface area contributed by atoms with Crippen molar-refractivity contribution in [2.75, 3.05) is 11.9 Å². The highest BCUT2D eigenvalue weighted by molar-refractivity contribution is 7.15. The monoisotopic (exact) mass is 292 g/mol. The van der Waals surface area contributed by atoms with E-state index in [1.165, 1.54) is 23.5 Å². The second-order valence-corrected chi connectivity index (χ2v) is 6.06. The molecule has 1 aromatic heterocycles. The van der Waals surface area contributed by atoms with E-state index in [0.29, 0.717) is 11.6 Å². The Hall–Kier alpha value is -1.75. The fraction of sp³-hybridized carbons (Fsp3) is 0.333. The summed E-state index contributed by atoms with van der Waals surface area (Å²) in [6.45, 7) is 3.72. The molecule has 1 aromatic carbocycles. The molecular weight excluding hydrogens is 275 g/mol. The van der Waals surface area contributed by atoms with Gasteiger partial charge in [-0.1, -0.05) is 26.0 Å². The maximum Gasteiger partial charge on any atom is 0.231 e. The lowest BCUT2D eigenvalue weighted by molar-refractivity contribution is -0.121. The minimum atomic E-state index is -0.237. The molecule has 20 heavy (non-hydrogen) atoms. The fourth-order valence-corrected chi connectivity index (χ4v) is 2.77. The molecule has 0 radical (unpaired) electrons. The first-order valence-corrected chi connectivity index (χ1v) is 7.25. The molecule has 1 heterocycles. The molecule has 0 aliphatic carbocycles. The fourth-order valence-electron chi connectivity index (χ4n) is 1.86. The van der Waals surface area contributed by atoms with E-state index in [2.05, 4.69) is 4.98 Å². The van der Waals surface area contributed by atoms with Crippen LogP contribution in [0.4, 0.5) is 9.52 Å². The number of anilines is 1. The van der Waals surface area contributed by atoms with Gasteiger partial charge in [0.05, 0.1) is 0 Å². The van der Waals surface area contributed by atoms with Gasteiger partial charge in [-0.25, -0.2) is 9.37 Å². The molecule has 0 aliphatic rings. The van der Waals surface area contributed by atoms with E-state index >= 15 is 0 Å². The van der Waals surface area contributed by atoms with Gasteiger partial charge < -0.3 is 0 Å². The minimum Gasteiger partial charge on any atom is -0.291 e. The molecule has 0 unspecified atom stereocenters. The van der Waals surface area contributed by atoms with E-state index in [9.17, 15) is 9.18 Å². The third-order valence-electron chi connectivity index (χ3n) is 2.92. The van der Waals surface area contributed by atoms with E-state index in [4.69, 9.17) is 0 Å². The van der Waals surface area contributed by atoms with E-state index < -0.39 is 0 Å². The average Bonchev–Trinajstić information content (AvgIpc) is 2.85. The second-order valence-electron chi connectivity index (χ2n) is 4.97. The van der Waals surface area contributed by atoms with Crippen molar-refractivity contribution >= 4 is 22.4 Å². The predicted octanol–water partition coefficient (Wildman–Crippen LogP) is 3.49. The van der Waals surface area contributed by atoms with Crippen molar-refractivity contribution in [3.05, 3.63) is 46.7 Å². The minimum absolute atomic E-state index is 0.0386. The number of hydrogen-bond donors (Lipinski definition) is 0. The first kappa shape index (κ1) is 14.7. The highest BCUT2D eigenvalue weighted by atomic mass is 32.1. The molecule has 0 atom stereocenters. The van der Waals surface area contributed by atoms with Crippen LogP contribution in [0.15, 0.2) is 30.5 Å². The van der Waals surface area contributed by atoms with Gasteiger partial charge in [-0.3, -0.25) is 9.69 Å². The number of carbonyl (C=O) groups excluding carboxylic acids is 1. The smallest absolute Gasteiger partial charge is 0.231 e. The number of nitrogens with zero attached hydrogens (tertiary/aromatic N) is 2. The van der Waals surface area contributed by atoms with Gasteiger partial charge in [0.2, 0.25) is 5.91 Å². The summed E-state index contributed by atoms with van der Waals surface area (Å²) >= 11 is 1.46. The molecule has 106 valence electrons. The Morgan fingerprint density at radius 2 is 2.20 bits per heavy atom. The Morgan fingerprint density at radius 1 is 1.45 bits per heavy atom. The zero-order chi connectivity index (χ0) is 14.7. The highest BCUT2D eigenvalue weighted by Crippen LogP contribution is 2.25. The molecule has 0 aliphatic heterocycles. The van der Waals surface area contributed by atoms with Gasteiger partial charge in [0.1, 0.15) is 5.82 Å². The number of thiazole rings is 1. The number of rotatable bonds is 4. The van der Waals surface area contributed by atoms with Crippen LogP contribution in [0.25, 0.3) is 0 Å². The number of benzene rings is 1. The number of halogens is 1. The standard InChI is InChI=1S/C15H17FN2OS/c1-10(2)14(19)18(3)15-17-9-13(20-15)8-11-5-4-6-12(16)7-11/h4-7,9-10H,8H2,1-3H3. The van der Waals surface area contributed by atoms with Gasteiger partial charge >= 0.3 is 0 Å². The summed E-state index contributed by atoms with van der Waals surface area (Å²) in [6, 6.07) is 6.52. The molecule has 0 spiro atoms. The summed E-state index contributed by atoms with van der Waals surface area (Å²) in [5, 5.41) is 0.676. The summed E-state index contributed by atoms with van der Waals surface area (Å²) < 4.78 is 13.1. The molecule has 1 amide bonds. The van der Waals surface area contributed by atoms with Gasteiger partial charge in [-0.2, -0.15) is 0 Å². The molecule has 0 bridgehead atoms. The Kier molecular flexibility index (Phi) is 4.49. The van der Waals surface area contributed by atoms with Crippen molar-refractivity contribution in [1.82, 2.24) is 4.98 Å². The largest absolute Gasteiger partial charge is 0.291 e. The summed E-state index contributed by atoms with van der Waals surface area (Å²) in [4.78, 5) is 18.7. The van der Waals surface area contributed by atoms with Crippen LogP contribution in [0.5, 0.6) is 0 Å². The lowest BCUT2D eigenvalue weighted by Gasteiger charge is -2.15. The third kappa shape index (κ3) is 3.42. The lowest BCUT2D eigenvalue weighted by Crippen LogP contribution is -2.29. The lowest BCUT2D eigenvalue weighted by atomic mass is 10.1. The first-order chi connectivity index (χ1) is 9.47. The number of carbonyl (C=O) groups is 1. The molecule has 0 saturated carbocycles. The van der Waals surface area contributed by atoms with Crippen molar-refractivity contribution in [3.8, 4) is 0 Å². The Bertz CT molecular complexity index is 609. The number of aromatic nitrogens is 1. The molecule has 0 saturated heterocycles. The number of hydrogen-bond acceptors (Lipinski definition) is 3. The van der Waals surface area contributed by atoms with Crippen LogP contribution in [0.1, 0.15) is 24.3 Å². The normalized spacial score (nSPS) is 10.8. The average molecular weight is 292 g/mol. The van der Waals surface area contributed by atoms with Crippen molar-refractivity contribution in [1.29, 1.82) is 0 Å². The van der Waals surface area contributed by atoms with Crippen molar-refractivity contribution in [2.24, 2.45) is 5.92 Å². The molecule has 3 nitrogen and oxygen atoms in total. The molecule has 0 N–H and O–H groups in total. The zero-order valence-corrected chi connectivity index (χ0v) is 12.6. The summed E-state index contributed by atoms with van der Waals surface area (Å²) in [6.07, 6.45) is 2.37. The molecular formula is C15H17FN2OS. The zero-order valence-electron chi connectivity index (χ0n) is 11.8. The molecule has 5 heteroatoms. The van der Waals surface area contributed by atoms with Gasteiger partial charge in [-0.05, 0) is 17.7 Å². The van der Waals surface area contributed by atoms with Gasteiger partial charge in [0.15, 0.2) is 5.13 Å². The van der Waals surface area contributed by atoms with Crippen molar-refractivity contribution in [3.63, 3.8) is 0 Å². The third-order valence-corrected chi connectivity index (χ3v) is 3.99. The summed E-state index contributed by atoms with van der Waals surface area (Å²) in [7, 11) is 1.73. The van der Waals surface area contributed by atoms with Crippen LogP contribution in [-0.4, -0.2) is 17.9 Å². The van der Waals surface area contributed by atoms with Crippen LogP contribution in [0, 0.1) is 11.7 Å². The van der Waals surface area contributed by atoms with Crippen LogP contribution in [0.3, 0.4) is 0 Å². The quantitative estimate of drug-likeness (QED) is 0.864. The Balaban J connectivity index is 2.11. The number of amides is 1. The SMILES string of the molecule is CC(C)C(=O)N(C)c1ncc(Cc2cccc(F)c2)s1. The van der Waals surface area contributed by atoms with Crippen LogP contribution in [0.2, 0.25) is 0 Å². The maximum atomic E-state index is 13.1. The predicted molar refractivity (Wildman–Crippen MR) is 79.6 cm³/mol. The molecule has 2 aromatic rings. The second kappa shape index (κ2) is 6.13. The van der Waals surface area contributed by atoms with E-state index in [-0.39, 0.29) is 17.6 Å². The van der Waals surface area contributed by atoms with Gasteiger partial charge in [0, 0.05) is 30.5 Å². The van der Waals surface area contributed by atoms with Crippen LogP contribution < -0.4 is 4.90 Å². The summed E-state index contributed by atoms with van der Waals surface area (Å²) in [5.74, 6) is -0.258. The van der Waals surface area contributed by atoms with Crippen molar-refractivity contribution < 1.29 is 9.18 Å². The topological polar surface area (TPSA) is 33.2 Å². The van der Waals surface area contributed by atoms with Crippen LogP contribution >= 0.6 is 11.3 Å². The van der Waals surface area contributed by atoms with Crippen molar-refractivity contribution in [2.45, 2.75) is 20.3 Å². The Morgan fingerprint density at radius 3 is 2.85 bits per heavy atom. The molecule has 0 fully saturated rings. The highest BCUT2D eigenvalue weighted by Gasteiger charge is 2.17. The maximum absolute atomic E-state index is 13.1. The Labute approximate surface area is 122 Å². The van der Waals surface area contributed by atoms with Gasteiger partial charge in [-0.15, -0.1) is 11.3 Å². The van der Waals surface area contributed by atoms with Crippen LogP contribution in [-0.2, 0) is 11.2 Å². The molecule has 2 rings (SSSR count). The van der Waals surface area contributed by atoms with Gasteiger partial charge in [0.25, 0.3) is 0 Å². The van der Waals surface area contributed by atoms with E-state index in [0.717, 1.165) is 10.4 Å². The van der Waals surface area contributed by atoms with E-state index in [1.807, 2.05) is 19.9 Å².